The molecule has 2 amide bonds. The molecule has 0 aliphatic rings. The Morgan fingerprint density at radius 3 is 2.00 bits per heavy atom. The van der Waals surface area contributed by atoms with E-state index in [9.17, 15) is 9.59 Å². The van der Waals surface area contributed by atoms with Crippen LogP contribution in [0.5, 0.6) is 11.5 Å². The van der Waals surface area contributed by atoms with E-state index in [4.69, 9.17) is 9.47 Å². The minimum atomic E-state index is -0.453. The zero-order valence-electron chi connectivity index (χ0n) is 22.1. The normalized spacial score (nSPS) is 10.4. The van der Waals surface area contributed by atoms with Crippen molar-refractivity contribution in [2.75, 3.05) is 10.6 Å². The number of amides is 2. The number of anilines is 2. The zero-order valence-corrected chi connectivity index (χ0v) is 22.1. The first-order valence-corrected chi connectivity index (χ1v) is 12.9. The van der Waals surface area contributed by atoms with Gasteiger partial charge in [-0.15, -0.1) is 0 Å². The number of pyridine rings is 3. The third kappa shape index (κ3) is 7.73. The quantitative estimate of drug-likeness (QED) is 0.226. The second kappa shape index (κ2) is 13.5. The van der Waals surface area contributed by atoms with Crippen molar-refractivity contribution in [3.63, 3.8) is 0 Å². The lowest BCUT2D eigenvalue weighted by Crippen LogP contribution is -2.17. The van der Waals surface area contributed by atoms with E-state index in [2.05, 4.69) is 25.6 Å². The van der Waals surface area contributed by atoms with E-state index >= 15 is 0 Å². The first kappa shape index (κ1) is 27.0. The number of aromatic nitrogens is 3. The van der Waals surface area contributed by atoms with Gasteiger partial charge in [-0.05, 0) is 47.0 Å². The second-order valence-electron chi connectivity index (χ2n) is 9.01. The van der Waals surface area contributed by atoms with E-state index in [0.717, 1.165) is 11.1 Å². The molecule has 0 unspecified atom stereocenters. The van der Waals surface area contributed by atoms with Crippen molar-refractivity contribution in [2.24, 2.45) is 0 Å². The number of hydrogen-bond donors (Lipinski definition) is 2. The van der Waals surface area contributed by atoms with Gasteiger partial charge in [-0.1, -0.05) is 60.7 Å². The van der Waals surface area contributed by atoms with Gasteiger partial charge in [0.25, 0.3) is 5.91 Å². The minimum Gasteiger partial charge on any atom is -0.486 e. The molecule has 0 saturated heterocycles. The highest BCUT2D eigenvalue weighted by Crippen LogP contribution is 2.23. The zero-order chi connectivity index (χ0) is 28.3. The summed E-state index contributed by atoms with van der Waals surface area (Å²) in [7, 11) is 0. The van der Waals surface area contributed by atoms with Gasteiger partial charge in [0.1, 0.15) is 13.2 Å². The number of nitrogens with zero attached hydrogens (tertiary/aromatic N) is 3. The Bertz CT molecular complexity index is 1610. The van der Waals surface area contributed by atoms with Gasteiger partial charge in [0.2, 0.25) is 5.91 Å². The Morgan fingerprint density at radius 1 is 0.659 bits per heavy atom. The lowest BCUT2D eigenvalue weighted by molar-refractivity contribution is -0.115. The van der Waals surface area contributed by atoms with Crippen molar-refractivity contribution >= 4 is 23.3 Å². The highest BCUT2D eigenvalue weighted by molar-refractivity contribution is 6.04. The van der Waals surface area contributed by atoms with Crippen LogP contribution in [0.15, 0.2) is 116 Å². The average Bonchev–Trinajstić information content (AvgIpc) is 3.01. The van der Waals surface area contributed by atoms with Crippen molar-refractivity contribution in [1.29, 1.82) is 0 Å². The van der Waals surface area contributed by atoms with E-state index in [0.29, 0.717) is 41.8 Å². The van der Waals surface area contributed by atoms with Gasteiger partial charge >= 0.3 is 0 Å². The molecule has 5 aromatic rings. The third-order valence-electron chi connectivity index (χ3n) is 5.91. The molecular weight excluding hydrogens is 518 g/mol. The van der Waals surface area contributed by atoms with E-state index < -0.39 is 5.91 Å². The Kier molecular flexibility index (Phi) is 8.88. The lowest BCUT2D eigenvalue weighted by Gasteiger charge is -2.12. The molecule has 0 atom stereocenters. The molecular formula is C32H27N5O4. The third-order valence-corrected chi connectivity index (χ3v) is 5.91. The van der Waals surface area contributed by atoms with Crippen molar-refractivity contribution < 1.29 is 19.1 Å². The van der Waals surface area contributed by atoms with E-state index in [1.807, 2.05) is 60.7 Å². The van der Waals surface area contributed by atoms with Crippen LogP contribution in [-0.4, -0.2) is 26.8 Å². The Balaban J connectivity index is 1.20. The summed E-state index contributed by atoms with van der Waals surface area (Å²) in [5.41, 5.74) is 3.14. The molecule has 0 spiro atoms. The SMILES string of the molecule is O=C(Cc1cncc(NC(=O)c2ncccc2OCc2ccccc2)c1)Nc1ncccc1OCc1ccccc1. The van der Waals surface area contributed by atoms with Crippen LogP contribution in [0.3, 0.4) is 0 Å². The molecule has 204 valence electrons. The summed E-state index contributed by atoms with van der Waals surface area (Å²) in [4.78, 5) is 38.5. The number of nitrogens with one attached hydrogen (secondary N) is 2. The fraction of sp³-hybridized carbons (Fsp3) is 0.0938. The topological polar surface area (TPSA) is 115 Å². The Labute approximate surface area is 237 Å². The van der Waals surface area contributed by atoms with Gasteiger partial charge in [-0.3, -0.25) is 14.6 Å². The molecule has 3 aromatic heterocycles. The molecule has 0 radical (unpaired) electrons. The fourth-order valence-corrected chi connectivity index (χ4v) is 3.95. The van der Waals surface area contributed by atoms with Crippen LogP contribution in [0.25, 0.3) is 0 Å². The van der Waals surface area contributed by atoms with E-state index in [-0.39, 0.29) is 18.0 Å². The van der Waals surface area contributed by atoms with Crippen LogP contribution >= 0.6 is 0 Å². The molecule has 41 heavy (non-hydrogen) atoms. The largest absolute Gasteiger partial charge is 0.486 e. The van der Waals surface area contributed by atoms with Gasteiger partial charge in [0, 0.05) is 18.6 Å². The van der Waals surface area contributed by atoms with Crippen molar-refractivity contribution in [3.8, 4) is 11.5 Å². The average molecular weight is 546 g/mol. The minimum absolute atomic E-state index is 0.0143. The van der Waals surface area contributed by atoms with E-state index in [1.165, 1.54) is 12.4 Å². The summed E-state index contributed by atoms with van der Waals surface area (Å²) in [6, 6.07) is 27.9. The number of benzene rings is 2. The molecule has 0 bridgehead atoms. The number of ether oxygens (including phenoxy) is 2. The first-order valence-electron chi connectivity index (χ1n) is 12.9. The van der Waals surface area contributed by atoms with Gasteiger partial charge in [0.15, 0.2) is 23.0 Å². The van der Waals surface area contributed by atoms with Crippen LogP contribution < -0.4 is 20.1 Å². The molecule has 0 fully saturated rings. The summed E-state index contributed by atoms with van der Waals surface area (Å²) in [6.45, 7) is 0.643. The molecule has 0 saturated carbocycles. The summed E-state index contributed by atoms with van der Waals surface area (Å²) >= 11 is 0. The van der Waals surface area contributed by atoms with Gasteiger partial charge in [-0.2, -0.15) is 0 Å². The Morgan fingerprint density at radius 2 is 1.29 bits per heavy atom. The molecule has 0 aliphatic heterocycles. The lowest BCUT2D eigenvalue weighted by atomic mass is 10.2. The molecule has 9 nitrogen and oxygen atoms in total. The maximum Gasteiger partial charge on any atom is 0.278 e. The van der Waals surface area contributed by atoms with Crippen molar-refractivity contribution in [1.82, 2.24) is 15.0 Å². The summed E-state index contributed by atoms with van der Waals surface area (Å²) in [6.07, 6.45) is 6.19. The van der Waals surface area contributed by atoms with Crippen molar-refractivity contribution in [2.45, 2.75) is 19.6 Å². The highest BCUT2D eigenvalue weighted by Gasteiger charge is 2.16. The maximum atomic E-state index is 13.0. The van der Waals surface area contributed by atoms with Gasteiger partial charge < -0.3 is 20.1 Å². The number of carbonyl (C=O) groups is 2. The van der Waals surface area contributed by atoms with Crippen LogP contribution in [0, 0.1) is 0 Å². The highest BCUT2D eigenvalue weighted by atomic mass is 16.5. The summed E-state index contributed by atoms with van der Waals surface area (Å²) in [5, 5.41) is 5.59. The van der Waals surface area contributed by atoms with Crippen LogP contribution in [-0.2, 0) is 24.4 Å². The fourth-order valence-electron chi connectivity index (χ4n) is 3.95. The molecule has 9 heteroatoms. The maximum absolute atomic E-state index is 13.0. The number of rotatable bonds is 11. The van der Waals surface area contributed by atoms with Crippen molar-refractivity contribution in [3.05, 3.63) is 138 Å². The molecule has 5 rings (SSSR count). The van der Waals surface area contributed by atoms with Crippen LogP contribution in [0.2, 0.25) is 0 Å². The standard InChI is InChI=1S/C32H27N5O4/c38-29(37-31-28(14-8-16-35-31)41-22-24-11-5-2-6-12-24)18-25-17-26(20-33-19-25)36-32(39)30-27(13-7-15-34-30)40-21-23-9-3-1-4-10-23/h1-17,19-20H,18,21-22H2,(H,36,39)(H,35,37,38). The molecule has 2 N–H and O–H groups in total. The number of carbonyl (C=O) groups excluding carboxylic acids is 2. The molecule has 3 heterocycles. The Hall–Kier alpha value is -5.57. The molecule has 2 aromatic carbocycles. The first-order chi connectivity index (χ1) is 20.1. The smallest absolute Gasteiger partial charge is 0.278 e. The monoisotopic (exact) mass is 545 g/mol. The predicted octanol–water partition coefficient (Wildman–Crippen LogP) is 5.46. The molecule has 0 aliphatic carbocycles. The van der Waals surface area contributed by atoms with Gasteiger partial charge in [-0.25, -0.2) is 9.97 Å². The van der Waals surface area contributed by atoms with Crippen LogP contribution in [0.1, 0.15) is 27.2 Å². The summed E-state index contributed by atoms with van der Waals surface area (Å²) in [5.74, 6) is 0.386. The number of hydrogen-bond acceptors (Lipinski definition) is 7. The predicted molar refractivity (Wildman–Crippen MR) is 155 cm³/mol. The second-order valence-corrected chi connectivity index (χ2v) is 9.01. The van der Waals surface area contributed by atoms with E-state index in [1.54, 1.807) is 42.7 Å². The van der Waals surface area contributed by atoms with Gasteiger partial charge in [0.05, 0.1) is 18.3 Å². The van der Waals surface area contributed by atoms with Crippen LogP contribution in [0.4, 0.5) is 11.5 Å². The summed E-state index contributed by atoms with van der Waals surface area (Å²) < 4.78 is 11.7.